The van der Waals surface area contributed by atoms with Crippen molar-refractivity contribution in [2.75, 3.05) is 5.75 Å². The Morgan fingerprint density at radius 2 is 2.22 bits per heavy atom. The lowest BCUT2D eigenvalue weighted by Crippen LogP contribution is -2.14. The summed E-state index contributed by atoms with van der Waals surface area (Å²) in [6.45, 7) is 4.06. The van der Waals surface area contributed by atoms with Crippen LogP contribution in [-0.2, 0) is 7.05 Å². The number of imidazole rings is 1. The Balaban J connectivity index is 1.71. The molecule has 0 aliphatic heterocycles. The van der Waals surface area contributed by atoms with E-state index in [-0.39, 0.29) is 11.8 Å². The van der Waals surface area contributed by atoms with Gasteiger partial charge in [0.15, 0.2) is 16.8 Å². The summed E-state index contributed by atoms with van der Waals surface area (Å²) in [5.74, 6) is 1.60. The zero-order valence-corrected chi connectivity index (χ0v) is 14.8. The van der Waals surface area contributed by atoms with Crippen LogP contribution in [0.1, 0.15) is 30.5 Å². The van der Waals surface area contributed by atoms with Gasteiger partial charge in [-0.2, -0.15) is 0 Å². The SMILES string of the molecule is CC(C)n1ccnc1C(=O)CSc1nnc(-c2cccs2)n1C. The summed E-state index contributed by atoms with van der Waals surface area (Å²) >= 11 is 3.00. The van der Waals surface area contributed by atoms with Crippen LogP contribution in [0, 0.1) is 0 Å². The van der Waals surface area contributed by atoms with Crippen LogP contribution >= 0.6 is 23.1 Å². The average Bonchev–Trinajstić information content (AvgIpc) is 3.25. The minimum absolute atomic E-state index is 0.00521. The molecule has 0 unspecified atom stereocenters. The quantitative estimate of drug-likeness (QED) is 0.506. The largest absolute Gasteiger partial charge is 0.326 e. The fourth-order valence-electron chi connectivity index (χ4n) is 2.20. The van der Waals surface area contributed by atoms with Gasteiger partial charge in [0.05, 0.1) is 10.6 Å². The third-order valence-electron chi connectivity index (χ3n) is 3.38. The molecule has 3 heterocycles. The van der Waals surface area contributed by atoms with Crippen LogP contribution in [-0.4, -0.2) is 35.9 Å². The minimum Gasteiger partial charge on any atom is -0.326 e. The third-order valence-corrected chi connectivity index (χ3v) is 5.27. The molecule has 0 N–H and O–H groups in total. The van der Waals surface area contributed by atoms with Gasteiger partial charge in [0.1, 0.15) is 0 Å². The second-order valence-electron chi connectivity index (χ2n) is 5.31. The number of ketones is 1. The summed E-state index contributed by atoms with van der Waals surface area (Å²) < 4.78 is 3.80. The number of rotatable bonds is 6. The van der Waals surface area contributed by atoms with Crippen molar-refractivity contribution < 1.29 is 4.79 Å². The molecular weight excluding hydrogens is 330 g/mol. The van der Waals surface area contributed by atoms with Crippen molar-refractivity contribution in [1.82, 2.24) is 24.3 Å². The van der Waals surface area contributed by atoms with Crippen molar-refractivity contribution in [3.8, 4) is 10.7 Å². The van der Waals surface area contributed by atoms with E-state index in [4.69, 9.17) is 0 Å². The Morgan fingerprint density at radius 3 is 2.91 bits per heavy atom. The second kappa shape index (κ2) is 6.67. The van der Waals surface area contributed by atoms with Crippen LogP contribution in [0.2, 0.25) is 0 Å². The summed E-state index contributed by atoms with van der Waals surface area (Å²) in [7, 11) is 1.91. The van der Waals surface area contributed by atoms with Gasteiger partial charge in [-0.05, 0) is 25.3 Å². The van der Waals surface area contributed by atoms with E-state index in [1.54, 1.807) is 17.5 Å². The third kappa shape index (κ3) is 3.23. The first-order valence-corrected chi connectivity index (χ1v) is 9.06. The Labute approximate surface area is 142 Å². The van der Waals surface area contributed by atoms with Crippen molar-refractivity contribution in [3.05, 3.63) is 35.7 Å². The van der Waals surface area contributed by atoms with E-state index in [2.05, 4.69) is 15.2 Å². The highest BCUT2D eigenvalue weighted by Crippen LogP contribution is 2.26. The number of hydrogen-bond acceptors (Lipinski definition) is 6. The number of carbonyl (C=O) groups excluding carboxylic acids is 1. The number of hydrogen-bond donors (Lipinski definition) is 0. The number of nitrogens with zero attached hydrogens (tertiary/aromatic N) is 5. The van der Waals surface area contributed by atoms with Crippen molar-refractivity contribution in [3.63, 3.8) is 0 Å². The first-order chi connectivity index (χ1) is 11.1. The van der Waals surface area contributed by atoms with Crippen LogP contribution in [0.25, 0.3) is 10.7 Å². The second-order valence-corrected chi connectivity index (χ2v) is 7.20. The van der Waals surface area contributed by atoms with E-state index in [0.29, 0.717) is 11.6 Å². The van der Waals surface area contributed by atoms with Gasteiger partial charge < -0.3 is 9.13 Å². The molecule has 3 rings (SSSR count). The van der Waals surface area contributed by atoms with Gasteiger partial charge in [-0.15, -0.1) is 21.5 Å². The molecule has 0 aliphatic rings. The zero-order valence-electron chi connectivity index (χ0n) is 13.1. The van der Waals surface area contributed by atoms with Crippen LogP contribution < -0.4 is 0 Å². The molecule has 0 saturated carbocycles. The van der Waals surface area contributed by atoms with Gasteiger partial charge in [0, 0.05) is 25.5 Å². The molecule has 120 valence electrons. The normalized spacial score (nSPS) is 11.3. The van der Waals surface area contributed by atoms with Gasteiger partial charge in [0.2, 0.25) is 5.78 Å². The molecule has 0 atom stereocenters. The average molecular weight is 347 g/mol. The monoisotopic (exact) mass is 347 g/mol. The fourth-order valence-corrected chi connectivity index (χ4v) is 3.71. The number of aromatic nitrogens is 5. The maximum absolute atomic E-state index is 12.4. The Bertz CT molecular complexity index is 804. The van der Waals surface area contributed by atoms with Gasteiger partial charge >= 0.3 is 0 Å². The Morgan fingerprint density at radius 1 is 1.39 bits per heavy atom. The molecule has 8 heteroatoms. The van der Waals surface area contributed by atoms with Crippen LogP contribution in [0.4, 0.5) is 0 Å². The van der Waals surface area contributed by atoms with E-state index in [9.17, 15) is 4.79 Å². The molecule has 0 saturated heterocycles. The van der Waals surface area contributed by atoms with Crippen LogP contribution in [0.15, 0.2) is 35.1 Å². The predicted octanol–water partition coefficient (Wildman–Crippen LogP) is 3.30. The van der Waals surface area contributed by atoms with Crippen LogP contribution in [0.3, 0.4) is 0 Å². The molecule has 0 aliphatic carbocycles. The van der Waals surface area contributed by atoms with E-state index >= 15 is 0 Å². The number of carbonyl (C=O) groups is 1. The fraction of sp³-hybridized carbons (Fsp3) is 0.333. The summed E-state index contributed by atoms with van der Waals surface area (Å²) in [5, 5.41) is 11.1. The van der Waals surface area contributed by atoms with Gasteiger partial charge in [-0.25, -0.2) is 4.98 Å². The highest BCUT2D eigenvalue weighted by Gasteiger charge is 2.17. The molecule has 3 aromatic rings. The first-order valence-electron chi connectivity index (χ1n) is 7.20. The summed E-state index contributed by atoms with van der Waals surface area (Å²) in [4.78, 5) is 17.6. The highest BCUT2D eigenvalue weighted by molar-refractivity contribution is 7.99. The Kier molecular flexibility index (Phi) is 4.63. The van der Waals surface area contributed by atoms with E-state index in [1.165, 1.54) is 11.8 Å². The van der Waals surface area contributed by atoms with Crippen molar-refractivity contribution in [1.29, 1.82) is 0 Å². The topological polar surface area (TPSA) is 65.6 Å². The summed E-state index contributed by atoms with van der Waals surface area (Å²) in [6, 6.07) is 4.20. The number of Topliss-reactive ketones (excluding diaryl/α,β-unsaturated/α-hetero) is 1. The molecule has 0 amide bonds. The van der Waals surface area contributed by atoms with E-state index in [0.717, 1.165) is 15.9 Å². The molecule has 23 heavy (non-hydrogen) atoms. The van der Waals surface area contributed by atoms with Gasteiger partial charge in [-0.3, -0.25) is 4.79 Å². The van der Waals surface area contributed by atoms with E-state index < -0.39 is 0 Å². The Hall–Kier alpha value is -1.93. The molecule has 0 radical (unpaired) electrons. The number of thioether (sulfide) groups is 1. The maximum atomic E-state index is 12.4. The standard InChI is InChI=1S/C15H17N5OS2/c1-10(2)20-7-6-16-13(20)11(21)9-23-15-18-17-14(19(15)3)12-5-4-8-22-12/h4-8,10H,9H2,1-3H3. The molecule has 6 nitrogen and oxygen atoms in total. The highest BCUT2D eigenvalue weighted by atomic mass is 32.2. The summed E-state index contributed by atoms with van der Waals surface area (Å²) in [6.07, 6.45) is 3.49. The summed E-state index contributed by atoms with van der Waals surface area (Å²) in [5.41, 5.74) is 0. The first kappa shape index (κ1) is 15.9. The van der Waals surface area contributed by atoms with Gasteiger partial charge in [-0.1, -0.05) is 17.8 Å². The van der Waals surface area contributed by atoms with Crippen molar-refractivity contribution >= 4 is 28.9 Å². The molecule has 0 bridgehead atoms. The maximum Gasteiger partial charge on any atom is 0.208 e. The smallest absolute Gasteiger partial charge is 0.208 e. The van der Waals surface area contributed by atoms with Gasteiger partial charge in [0.25, 0.3) is 0 Å². The lowest BCUT2D eigenvalue weighted by atomic mass is 10.3. The predicted molar refractivity (Wildman–Crippen MR) is 92.0 cm³/mol. The lowest BCUT2D eigenvalue weighted by Gasteiger charge is -2.10. The molecule has 3 aromatic heterocycles. The van der Waals surface area contributed by atoms with E-state index in [1.807, 2.05) is 53.7 Å². The van der Waals surface area contributed by atoms with Crippen molar-refractivity contribution in [2.24, 2.45) is 7.05 Å². The molecular formula is C15H17N5OS2. The molecule has 0 aromatic carbocycles. The number of thiophene rings is 1. The van der Waals surface area contributed by atoms with Crippen LogP contribution in [0.5, 0.6) is 0 Å². The molecule has 0 fully saturated rings. The lowest BCUT2D eigenvalue weighted by molar-refractivity contribution is 0.100. The minimum atomic E-state index is -0.00521. The van der Waals surface area contributed by atoms with Crippen molar-refractivity contribution in [2.45, 2.75) is 25.0 Å². The zero-order chi connectivity index (χ0) is 16.4. The molecule has 0 spiro atoms.